The molecule has 1 aromatic carbocycles. The van der Waals surface area contributed by atoms with Crippen molar-refractivity contribution in [3.8, 4) is 5.75 Å². The third kappa shape index (κ3) is 4.58. The molecule has 2 rings (SSSR count). The molecule has 1 aromatic rings. The van der Waals surface area contributed by atoms with Crippen LogP contribution in [0.2, 0.25) is 0 Å². The molecule has 1 aliphatic heterocycles. The molecule has 0 aromatic heterocycles. The number of nitrogens with zero attached hydrogens (tertiary/aromatic N) is 2. The van der Waals surface area contributed by atoms with Crippen molar-refractivity contribution in [2.45, 2.75) is 18.9 Å². The molecule has 1 aliphatic rings. The molecule has 1 fully saturated rings. The van der Waals surface area contributed by atoms with Gasteiger partial charge in [0.1, 0.15) is 5.75 Å². The average molecular weight is 320 g/mol. The van der Waals surface area contributed by atoms with E-state index in [-0.39, 0.29) is 0 Å². The van der Waals surface area contributed by atoms with Gasteiger partial charge in [0.2, 0.25) is 0 Å². The Morgan fingerprint density at radius 2 is 1.59 bits per heavy atom. The van der Waals surface area contributed by atoms with Crippen molar-refractivity contribution in [3.63, 3.8) is 0 Å². The van der Waals surface area contributed by atoms with Crippen LogP contribution in [0.3, 0.4) is 0 Å². The monoisotopic (exact) mass is 320 g/mol. The molecule has 124 valence electrons. The van der Waals surface area contributed by atoms with E-state index in [1.54, 1.807) is 7.11 Å². The first-order valence-electron chi connectivity index (χ1n) is 7.14. The van der Waals surface area contributed by atoms with Crippen molar-refractivity contribution in [2.24, 2.45) is 0 Å². The summed E-state index contributed by atoms with van der Waals surface area (Å²) in [5, 5.41) is 0. The predicted molar refractivity (Wildman–Crippen MR) is 75.7 cm³/mol. The zero-order valence-electron chi connectivity index (χ0n) is 12.4. The Morgan fingerprint density at radius 3 is 2.09 bits per heavy atom. The van der Waals surface area contributed by atoms with Crippen LogP contribution in [-0.2, 0) is 6.54 Å². The van der Waals surface area contributed by atoms with Gasteiger partial charge < -0.3 is 4.74 Å². The van der Waals surface area contributed by atoms with Crippen molar-refractivity contribution in [3.05, 3.63) is 29.8 Å². The Hall–Kier alpha value is -1.34. The second-order valence-electron chi connectivity index (χ2n) is 5.46. The number of piperazine rings is 1. The highest BCUT2D eigenvalue weighted by molar-refractivity contribution is 5.27. The minimum Gasteiger partial charge on any atom is -0.497 e. The topological polar surface area (TPSA) is 15.7 Å². The van der Waals surface area contributed by atoms with E-state index in [0.29, 0.717) is 32.7 Å². The Morgan fingerprint density at radius 1 is 1.05 bits per heavy atom. The van der Waals surface area contributed by atoms with Crippen LogP contribution in [0, 0.1) is 0 Å². The molecule has 0 N–H and O–H groups in total. The maximum atomic E-state index is 13.0. The van der Waals surface area contributed by atoms with Gasteiger partial charge in [0, 0.05) is 32.7 Å². The predicted octanol–water partition coefficient (Wildman–Crippen LogP) is 2.71. The van der Waals surface area contributed by atoms with Crippen molar-refractivity contribution in [2.75, 3.05) is 39.8 Å². The molecule has 0 radical (unpaired) electrons. The van der Waals surface area contributed by atoms with Crippen molar-refractivity contribution < 1.29 is 22.3 Å². The quantitative estimate of drug-likeness (QED) is 0.750. The number of benzene rings is 1. The molecule has 0 saturated carbocycles. The van der Waals surface area contributed by atoms with E-state index >= 15 is 0 Å². The van der Waals surface area contributed by atoms with Gasteiger partial charge >= 0.3 is 12.3 Å². The van der Waals surface area contributed by atoms with E-state index in [4.69, 9.17) is 4.74 Å². The Kier molecular flexibility index (Phi) is 5.63. The van der Waals surface area contributed by atoms with Crippen molar-refractivity contribution >= 4 is 0 Å². The molecule has 0 amide bonds. The van der Waals surface area contributed by atoms with Gasteiger partial charge in [-0.3, -0.25) is 9.80 Å². The fourth-order valence-corrected chi connectivity index (χ4v) is 2.46. The zero-order valence-corrected chi connectivity index (χ0v) is 12.4. The van der Waals surface area contributed by atoms with Crippen molar-refractivity contribution in [1.82, 2.24) is 9.80 Å². The SMILES string of the molecule is COc1ccc(CN2CCN(CC(F)(F)C(F)F)CC2)cc1. The van der Waals surface area contributed by atoms with Gasteiger partial charge in [-0.25, -0.2) is 8.78 Å². The molecule has 0 spiro atoms. The van der Waals surface area contributed by atoms with Gasteiger partial charge in [-0.2, -0.15) is 8.78 Å². The fraction of sp³-hybridized carbons (Fsp3) is 0.600. The van der Waals surface area contributed by atoms with E-state index in [1.807, 2.05) is 24.3 Å². The lowest BCUT2D eigenvalue weighted by atomic mass is 10.2. The first-order valence-corrected chi connectivity index (χ1v) is 7.14. The van der Waals surface area contributed by atoms with Gasteiger partial charge in [0.15, 0.2) is 0 Å². The maximum Gasteiger partial charge on any atom is 0.319 e. The average Bonchev–Trinajstić information content (AvgIpc) is 2.49. The number of methoxy groups -OCH3 is 1. The summed E-state index contributed by atoms with van der Waals surface area (Å²) in [5.41, 5.74) is 1.10. The summed E-state index contributed by atoms with van der Waals surface area (Å²) in [7, 11) is 1.60. The summed E-state index contributed by atoms with van der Waals surface area (Å²) in [6, 6.07) is 7.65. The lowest BCUT2D eigenvalue weighted by molar-refractivity contribution is -0.145. The first kappa shape index (κ1) is 17.0. The molecule has 0 bridgehead atoms. The number of halogens is 4. The number of rotatable bonds is 6. The maximum absolute atomic E-state index is 13.0. The van der Waals surface area contributed by atoms with Gasteiger partial charge in [-0.05, 0) is 17.7 Å². The van der Waals surface area contributed by atoms with E-state index in [1.165, 1.54) is 4.90 Å². The normalized spacial score (nSPS) is 17.9. The van der Waals surface area contributed by atoms with E-state index < -0.39 is 18.9 Å². The van der Waals surface area contributed by atoms with E-state index in [9.17, 15) is 17.6 Å². The van der Waals surface area contributed by atoms with Crippen LogP contribution in [0.25, 0.3) is 0 Å². The largest absolute Gasteiger partial charge is 0.497 e. The Bertz CT molecular complexity index is 459. The van der Waals surface area contributed by atoms with Crippen LogP contribution in [0.15, 0.2) is 24.3 Å². The van der Waals surface area contributed by atoms with Crippen molar-refractivity contribution in [1.29, 1.82) is 0 Å². The van der Waals surface area contributed by atoms with E-state index in [0.717, 1.165) is 11.3 Å². The summed E-state index contributed by atoms with van der Waals surface area (Å²) in [6.45, 7) is 1.76. The number of hydrogen-bond donors (Lipinski definition) is 0. The molecule has 7 heteroatoms. The summed E-state index contributed by atoms with van der Waals surface area (Å²) in [6.07, 6.45) is -3.61. The fourth-order valence-electron chi connectivity index (χ4n) is 2.46. The Balaban J connectivity index is 1.79. The summed E-state index contributed by atoms with van der Waals surface area (Å²) < 4.78 is 55.5. The second-order valence-corrected chi connectivity index (χ2v) is 5.46. The molecule has 1 heterocycles. The zero-order chi connectivity index (χ0) is 16.2. The van der Waals surface area contributed by atoms with Crippen LogP contribution in [0.1, 0.15) is 5.56 Å². The van der Waals surface area contributed by atoms with Gasteiger partial charge in [0.25, 0.3) is 0 Å². The highest BCUT2D eigenvalue weighted by Gasteiger charge is 2.42. The van der Waals surface area contributed by atoms with Gasteiger partial charge in [-0.1, -0.05) is 12.1 Å². The third-order valence-electron chi connectivity index (χ3n) is 3.78. The number of hydrogen-bond acceptors (Lipinski definition) is 3. The van der Waals surface area contributed by atoms with Crippen LogP contribution >= 0.6 is 0 Å². The molecule has 22 heavy (non-hydrogen) atoms. The first-order chi connectivity index (χ1) is 10.4. The van der Waals surface area contributed by atoms with E-state index in [2.05, 4.69) is 4.90 Å². The second kappa shape index (κ2) is 7.28. The molecule has 0 unspecified atom stereocenters. The highest BCUT2D eigenvalue weighted by Crippen LogP contribution is 2.24. The smallest absolute Gasteiger partial charge is 0.319 e. The minimum atomic E-state index is -3.93. The summed E-state index contributed by atoms with van der Waals surface area (Å²) in [4.78, 5) is 3.52. The van der Waals surface area contributed by atoms with Crippen LogP contribution in [-0.4, -0.2) is 62.0 Å². The minimum absolute atomic E-state index is 0.373. The standard InChI is InChI=1S/C15H20F4N2O/c1-22-13-4-2-12(3-5-13)10-20-6-8-21(9-7-20)11-15(18,19)14(16)17/h2-5,14H,6-11H2,1H3. The molecule has 0 atom stereocenters. The third-order valence-corrected chi connectivity index (χ3v) is 3.78. The summed E-state index contributed by atoms with van der Waals surface area (Å²) in [5.74, 6) is -3.15. The lowest BCUT2D eigenvalue weighted by Crippen LogP contribution is -2.51. The summed E-state index contributed by atoms with van der Waals surface area (Å²) >= 11 is 0. The molecule has 3 nitrogen and oxygen atoms in total. The molecule has 1 saturated heterocycles. The van der Waals surface area contributed by atoms with Crippen LogP contribution in [0.5, 0.6) is 5.75 Å². The van der Waals surface area contributed by atoms with Crippen LogP contribution in [0.4, 0.5) is 17.6 Å². The Labute approximate surface area is 127 Å². The highest BCUT2D eigenvalue weighted by atomic mass is 19.3. The van der Waals surface area contributed by atoms with Gasteiger partial charge in [0.05, 0.1) is 13.7 Å². The molecule has 0 aliphatic carbocycles. The number of ether oxygens (including phenoxy) is 1. The number of alkyl halides is 4. The molecular formula is C15H20F4N2O. The van der Waals surface area contributed by atoms with Gasteiger partial charge in [-0.15, -0.1) is 0 Å². The lowest BCUT2D eigenvalue weighted by Gasteiger charge is -2.36. The van der Waals surface area contributed by atoms with Crippen LogP contribution < -0.4 is 4.74 Å². The molecular weight excluding hydrogens is 300 g/mol.